The van der Waals surface area contributed by atoms with E-state index in [2.05, 4.69) is 32.0 Å². The van der Waals surface area contributed by atoms with Crippen molar-refractivity contribution in [2.75, 3.05) is 12.4 Å². The molecule has 1 N–H and O–H groups in total. The van der Waals surface area contributed by atoms with Gasteiger partial charge >= 0.3 is 6.09 Å². The highest BCUT2D eigenvalue weighted by Crippen LogP contribution is 2.25. The van der Waals surface area contributed by atoms with Gasteiger partial charge in [0.1, 0.15) is 12.4 Å². The summed E-state index contributed by atoms with van der Waals surface area (Å²) in [4.78, 5) is 11.4. The minimum Gasteiger partial charge on any atom is -0.489 e. The topological polar surface area (TPSA) is 47.6 Å². The molecule has 2 aromatic rings. The maximum Gasteiger partial charge on any atom is 0.411 e. The largest absolute Gasteiger partial charge is 0.489 e. The van der Waals surface area contributed by atoms with Crippen LogP contribution in [0.5, 0.6) is 5.75 Å². The highest BCUT2D eigenvalue weighted by molar-refractivity contribution is 9.10. The van der Waals surface area contributed by atoms with Gasteiger partial charge in [0.2, 0.25) is 0 Å². The lowest BCUT2D eigenvalue weighted by molar-refractivity contribution is 0.187. The molecule has 116 valence electrons. The van der Waals surface area contributed by atoms with Crippen molar-refractivity contribution in [2.24, 2.45) is 0 Å². The third-order valence-electron chi connectivity index (χ3n) is 3.21. The third-order valence-corrected chi connectivity index (χ3v) is 3.70. The highest BCUT2D eigenvalue weighted by atomic mass is 79.9. The summed E-state index contributed by atoms with van der Waals surface area (Å²) in [5.41, 5.74) is 3.81. The van der Waals surface area contributed by atoms with Crippen molar-refractivity contribution in [1.82, 2.24) is 0 Å². The summed E-state index contributed by atoms with van der Waals surface area (Å²) in [6.07, 6.45) is -0.508. The van der Waals surface area contributed by atoms with Crippen molar-refractivity contribution >= 4 is 27.7 Å². The second kappa shape index (κ2) is 7.31. The molecule has 22 heavy (non-hydrogen) atoms. The van der Waals surface area contributed by atoms with E-state index in [0.29, 0.717) is 12.3 Å². The molecule has 1 amide bonds. The fraction of sp³-hybridized carbons (Fsp3) is 0.235. The van der Waals surface area contributed by atoms with Crippen molar-refractivity contribution in [3.8, 4) is 5.75 Å². The Morgan fingerprint density at radius 3 is 2.64 bits per heavy atom. The fourth-order valence-corrected chi connectivity index (χ4v) is 2.43. The minimum absolute atomic E-state index is 0.358. The zero-order valence-electron chi connectivity index (χ0n) is 12.8. The second-order valence-electron chi connectivity index (χ2n) is 4.98. The number of anilines is 1. The Bertz CT molecular complexity index is 686. The average Bonchev–Trinajstić information content (AvgIpc) is 2.48. The first-order valence-corrected chi connectivity index (χ1v) is 7.62. The van der Waals surface area contributed by atoms with Crippen LogP contribution in [0.25, 0.3) is 0 Å². The van der Waals surface area contributed by atoms with Crippen LogP contribution in [0.2, 0.25) is 0 Å². The number of nitrogens with one attached hydrogen (secondary N) is 1. The molecule has 5 heteroatoms. The van der Waals surface area contributed by atoms with Gasteiger partial charge in [-0.1, -0.05) is 39.7 Å². The van der Waals surface area contributed by atoms with Gasteiger partial charge in [0.15, 0.2) is 0 Å². The Morgan fingerprint density at radius 1 is 1.18 bits per heavy atom. The van der Waals surface area contributed by atoms with Gasteiger partial charge in [-0.3, -0.25) is 5.32 Å². The monoisotopic (exact) mass is 363 g/mol. The molecule has 0 saturated heterocycles. The molecule has 0 bridgehead atoms. The van der Waals surface area contributed by atoms with E-state index in [-0.39, 0.29) is 0 Å². The van der Waals surface area contributed by atoms with E-state index in [0.717, 1.165) is 21.3 Å². The number of aryl methyl sites for hydroxylation is 2. The standard InChI is InChI=1S/C17H18BrNO3/c1-11-4-7-16(12(2)8-11)22-10-13-5-6-14(18)9-15(13)19-17(20)21-3/h4-9H,10H2,1-3H3,(H,19,20). The number of ether oxygens (including phenoxy) is 2. The van der Waals surface area contributed by atoms with Gasteiger partial charge in [0.25, 0.3) is 0 Å². The Labute approximate surface area is 138 Å². The molecular weight excluding hydrogens is 346 g/mol. The molecule has 0 unspecified atom stereocenters. The van der Waals surface area contributed by atoms with E-state index in [9.17, 15) is 4.79 Å². The number of carbonyl (C=O) groups excluding carboxylic acids is 1. The smallest absolute Gasteiger partial charge is 0.411 e. The number of methoxy groups -OCH3 is 1. The van der Waals surface area contributed by atoms with Crippen molar-refractivity contribution in [1.29, 1.82) is 0 Å². The first-order valence-electron chi connectivity index (χ1n) is 6.83. The summed E-state index contributed by atoms with van der Waals surface area (Å²) in [6, 6.07) is 11.7. The predicted molar refractivity (Wildman–Crippen MR) is 90.4 cm³/mol. The van der Waals surface area contributed by atoms with Crippen LogP contribution in [0.1, 0.15) is 16.7 Å². The number of carbonyl (C=O) groups is 1. The van der Waals surface area contributed by atoms with Crippen LogP contribution in [0.4, 0.5) is 10.5 Å². The number of amides is 1. The molecule has 2 aromatic carbocycles. The van der Waals surface area contributed by atoms with Gasteiger partial charge in [-0.2, -0.15) is 0 Å². The first kappa shape index (κ1) is 16.4. The molecule has 0 aliphatic carbocycles. The van der Waals surface area contributed by atoms with Crippen LogP contribution in [0.15, 0.2) is 40.9 Å². The van der Waals surface area contributed by atoms with Crippen LogP contribution in [-0.2, 0) is 11.3 Å². The van der Waals surface area contributed by atoms with Gasteiger partial charge in [-0.05, 0) is 37.6 Å². The number of benzene rings is 2. The van der Waals surface area contributed by atoms with Crippen molar-refractivity contribution in [3.63, 3.8) is 0 Å². The SMILES string of the molecule is COC(=O)Nc1cc(Br)ccc1COc1ccc(C)cc1C. The number of hydrogen-bond acceptors (Lipinski definition) is 3. The van der Waals surface area contributed by atoms with E-state index in [1.807, 2.05) is 44.2 Å². The Hall–Kier alpha value is -2.01. The molecule has 0 spiro atoms. The molecule has 0 radical (unpaired) electrons. The van der Waals surface area contributed by atoms with E-state index in [1.165, 1.54) is 12.7 Å². The second-order valence-corrected chi connectivity index (χ2v) is 5.89. The molecule has 0 atom stereocenters. The Kier molecular flexibility index (Phi) is 5.44. The van der Waals surface area contributed by atoms with E-state index < -0.39 is 6.09 Å². The fourth-order valence-electron chi connectivity index (χ4n) is 2.07. The van der Waals surface area contributed by atoms with E-state index >= 15 is 0 Å². The Balaban J connectivity index is 2.16. The summed E-state index contributed by atoms with van der Waals surface area (Å²) < 4.78 is 11.4. The van der Waals surface area contributed by atoms with E-state index in [1.54, 1.807) is 0 Å². The molecule has 0 aliphatic heterocycles. The van der Waals surface area contributed by atoms with Gasteiger partial charge in [-0.15, -0.1) is 0 Å². The summed E-state index contributed by atoms with van der Waals surface area (Å²) in [7, 11) is 1.33. The van der Waals surface area contributed by atoms with Crippen molar-refractivity contribution in [3.05, 3.63) is 57.6 Å². The quantitative estimate of drug-likeness (QED) is 0.846. The molecule has 0 saturated carbocycles. The molecule has 2 rings (SSSR count). The third kappa shape index (κ3) is 4.24. The van der Waals surface area contributed by atoms with Gasteiger partial charge in [0, 0.05) is 10.0 Å². The lowest BCUT2D eigenvalue weighted by Crippen LogP contribution is -2.13. The lowest BCUT2D eigenvalue weighted by Gasteiger charge is -2.14. The maximum atomic E-state index is 11.4. The van der Waals surface area contributed by atoms with Crippen LogP contribution >= 0.6 is 15.9 Å². The summed E-state index contributed by atoms with van der Waals surface area (Å²) in [5.74, 6) is 0.831. The predicted octanol–water partition coefficient (Wildman–Crippen LogP) is 4.82. The zero-order valence-corrected chi connectivity index (χ0v) is 14.4. The van der Waals surface area contributed by atoms with Gasteiger partial charge < -0.3 is 9.47 Å². The zero-order chi connectivity index (χ0) is 16.1. The maximum absolute atomic E-state index is 11.4. The summed E-state index contributed by atoms with van der Waals surface area (Å²) in [6.45, 7) is 4.41. The van der Waals surface area contributed by atoms with Crippen LogP contribution in [-0.4, -0.2) is 13.2 Å². The van der Waals surface area contributed by atoms with Gasteiger partial charge in [0.05, 0.1) is 12.8 Å². The van der Waals surface area contributed by atoms with Gasteiger partial charge in [-0.25, -0.2) is 4.79 Å². The molecular formula is C17H18BrNO3. The molecule has 0 aliphatic rings. The van der Waals surface area contributed by atoms with Crippen LogP contribution < -0.4 is 10.1 Å². The minimum atomic E-state index is -0.508. The van der Waals surface area contributed by atoms with E-state index in [4.69, 9.17) is 4.74 Å². The Morgan fingerprint density at radius 2 is 1.95 bits per heavy atom. The summed E-state index contributed by atoms with van der Waals surface area (Å²) in [5, 5.41) is 2.69. The number of hydrogen-bond donors (Lipinski definition) is 1. The van der Waals surface area contributed by atoms with Crippen LogP contribution in [0, 0.1) is 13.8 Å². The van der Waals surface area contributed by atoms with Crippen molar-refractivity contribution < 1.29 is 14.3 Å². The van der Waals surface area contributed by atoms with Crippen molar-refractivity contribution in [2.45, 2.75) is 20.5 Å². The highest BCUT2D eigenvalue weighted by Gasteiger charge is 2.09. The normalized spacial score (nSPS) is 10.2. The van der Waals surface area contributed by atoms with Crippen LogP contribution in [0.3, 0.4) is 0 Å². The first-order chi connectivity index (χ1) is 10.5. The lowest BCUT2D eigenvalue weighted by atomic mass is 10.1. The molecule has 0 heterocycles. The number of rotatable bonds is 4. The molecule has 0 aromatic heterocycles. The molecule has 4 nitrogen and oxygen atoms in total. The molecule has 0 fully saturated rings. The number of halogens is 1. The average molecular weight is 364 g/mol. The summed E-state index contributed by atoms with van der Waals surface area (Å²) >= 11 is 3.39.